The Kier molecular flexibility index (Phi) is 4.89. The van der Waals surface area contributed by atoms with E-state index in [1.807, 2.05) is 31.6 Å². The monoisotopic (exact) mass is 226 g/mol. The number of aromatic nitrogens is 3. The molecule has 5 nitrogen and oxygen atoms in total. The third kappa shape index (κ3) is 5.23. The second-order valence-corrected chi connectivity index (χ2v) is 4.71. The summed E-state index contributed by atoms with van der Waals surface area (Å²) in [6.45, 7) is 11.3. The number of ether oxygens (including phenoxy) is 1. The molecule has 0 spiro atoms. The molecule has 92 valence electrons. The van der Waals surface area contributed by atoms with Crippen molar-refractivity contribution in [1.82, 2.24) is 20.3 Å². The number of nitrogens with one attached hydrogen (secondary N) is 1. The average Bonchev–Trinajstić information content (AvgIpc) is 2.61. The lowest BCUT2D eigenvalue weighted by atomic mass is 10.2. The lowest BCUT2D eigenvalue weighted by molar-refractivity contribution is -0.00805. The van der Waals surface area contributed by atoms with Crippen LogP contribution in [0.1, 0.15) is 33.4 Å². The molecule has 0 aliphatic heterocycles. The van der Waals surface area contributed by atoms with Crippen LogP contribution in [0, 0.1) is 0 Å². The first-order valence-electron chi connectivity index (χ1n) is 5.75. The number of nitrogens with zero attached hydrogens (tertiary/aromatic N) is 3. The van der Waals surface area contributed by atoms with Gasteiger partial charge in [0.1, 0.15) is 0 Å². The number of hydrogen-bond donors (Lipinski definition) is 1. The summed E-state index contributed by atoms with van der Waals surface area (Å²) in [4.78, 5) is 0. The zero-order chi connectivity index (χ0) is 12.0. The van der Waals surface area contributed by atoms with Crippen LogP contribution in [0.2, 0.25) is 0 Å². The third-order valence-corrected chi connectivity index (χ3v) is 2.00. The van der Waals surface area contributed by atoms with E-state index < -0.39 is 0 Å². The summed E-state index contributed by atoms with van der Waals surface area (Å²) in [5.74, 6) is 0. The van der Waals surface area contributed by atoms with Crippen LogP contribution in [0.15, 0.2) is 6.20 Å². The van der Waals surface area contributed by atoms with E-state index in [1.165, 1.54) is 0 Å². The fourth-order valence-corrected chi connectivity index (χ4v) is 1.23. The van der Waals surface area contributed by atoms with Crippen LogP contribution in [-0.2, 0) is 17.8 Å². The van der Waals surface area contributed by atoms with E-state index in [2.05, 4.69) is 22.6 Å². The molecule has 1 aromatic heterocycles. The van der Waals surface area contributed by atoms with Gasteiger partial charge in [-0.15, -0.1) is 5.10 Å². The molecule has 0 aliphatic rings. The highest BCUT2D eigenvalue weighted by atomic mass is 16.5. The molecule has 0 atom stereocenters. The summed E-state index contributed by atoms with van der Waals surface area (Å²) in [5, 5.41) is 11.3. The lowest BCUT2D eigenvalue weighted by Gasteiger charge is -2.19. The van der Waals surface area contributed by atoms with E-state index in [0.29, 0.717) is 6.61 Å². The summed E-state index contributed by atoms with van der Waals surface area (Å²) in [5.41, 5.74) is 0.880. The molecule has 1 heterocycles. The van der Waals surface area contributed by atoms with Crippen molar-refractivity contribution in [2.45, 2.75) is 46.4 Å². The Balaban J connectivity index is 2.29. The standard InChI is InChI=1S/C11H22N4O/c1-5-12-8-10-9-15(14-13-10)6-7-16-11(2,3)4/h9,12H,5-8H2,1-4H3. The first-order valence-corrected chi connectivity index (χ1v) is 5.75. The van der Waals surface area contributed by atoms with Crippen molar-refractivity contribution >= 4 is 0 Å². The molecule has 0 bridgehead atoms. The summed E-state index contributed by atoms with van der Waals surface area (Å²) in [7, 11) is 0. The quantitative estimate of drug-likeness (QED) is 0.792. The maximum Gasteiger partial charge on any atom is 0.0964 e. The molecule has 1 rings (SSSR count). The number of rotatable bonds is 6. The zero-order valence-corrected chi connectivity index (χ0v) is 10.7. The van der Waals surface area contributed by atoms with E-state index in [1.54, 1.807) is 0 Å². The van der Waals surface area contributed by atoms with Crippen molar-refractivity contribution < 1.29 is 4.74 Å². The van der Waals surface area contributed by atoms with Gasteiger partial charge in [0, 0.05) is 12.7 Å². The minimum Gasteiger partial charge on any atom is -0.374 e. The van der Waals surface area contributed by atoms with Gasteiger partial charge in [-0.05, 0) is 27.3 Å². The second kappa shape index (κ2) is 5.96. The first kappa shape index (κ1) is 13.1. The Hall–Kier alpha value is -0.940. The SMILES string of the molecule is CCNCc1cn(CCOC(C)(C)C)nn1. The summed E-state index contributed by atoms with van der Waals surface area (Å²) in [6.07, 6.45) is 1.95. The van der Waals surface area contributed by atoms with Gasteiger partial charge in [-0.1, -0.05) is 12.1 Å². The Labute approximate surface area is 97.2 Å². The van der Waals surface area contributed by atoms with E-state index in [0.717, 1.165) is 25.3 Å². The second-order valence-electron chi connectivity index (χ2n) is 4.71. The molecule has 0 unspecified atom stereocenters. The molecule has 1 N–H and O–H groups in total. The van der Waals surface area contributed by atoms with Gasteiger partial charge in [0.2, 0.25) is 0 Å². The van der Waals surface area contributed by atoms with Crippen LogP contribution in [0.4, 0.5) is 0 Å². The van der Waals surface area contributed by atoms with Gasteiger partial charge in [0.25, 0.3) is 0 Å². The highest BCUT2D eigenvalue weighted by Gasteiger charge is 2.09. The van der Waals surface area contributed by atoms with Crippen LogP contribution >= 0.6 is 0 Å². The lowest BCUT2D eigenvalue weighted by Crippen LogP contribution is -2.22. The van der Waals surface area contributed by atoms with Gasteiger partial charge >= 0.3 is 0 Å². The predicted octanol–water partition coefficient (Wildman–Crippen LogP) is 1.20. The predicted molar refractivity (Wildman–Crippen MR) is 63.1 cm³/mol. The van der Waals surface area contributed by atoms with Crippen LogP contribution in [-0.4, -0.2) is 33.7 Å². The average molecular weight is 226 g/mol. The molecule has 0 saturated carbocycles. The molecule has 5 heteroatoms. The normalized spacial score (nSPS) is 12.0. The van der Waals surface area contributed by atoms with Gasteiger partial charge in [-0.25, -0.2) is 4.68 Å². The van der Waals surface area contributed by atoms with Gasteiger partial charge < -0.3 is 10.1 Å². The Morgan fingerprint density at radius 2 is 2.19 bits per heavy atom. The molecular weight excluding hydrogens is 204 g/mol. The summed E-state index contributed by atoms with van der Waals surface area (Å²) in [6, 6.07) is 0. The smallest absolute Gasteiger partial charge is 0.0964 e. The summed E-state index contributed by atoms with van der Waals surface area (Å²) < 4.78 is 7.44. The van der Waals surface area contributed by atoms with Gasteiger partial charge in [0.15, 0.2) is 0 Å². The van der Waals surface area contributed by atoms with Crippen molar-refractivity contribution in [1.29, 1.82) is 0 Å². The fraction of sp³-hybridized carbons (Fsp3) is 0.818. The molecular formula is C11H22N4O. The highest BCUT2D eigenvalue weighted by molar-refractivity contribution is 4.91. The van der Waals surface area contributed by atoms with Crippen molar-refractivity contribution in [3.8, 4) is 0 Å². The minimum absolute atomic E-state index is 0.0901. The molecule has 1 aromatic rings. The largest absolute Gasteiger partial charge is 0.374 e. The topological polar surface area (TPSA) is 52.0 Å². The van der Waals surface area contributed by atoms with Crippen molar-refractivity contribution in [2.75, 3.05) is 13.2 Å². The van der Waals surface area contributed by atoms with Crippen LogP contribution in [0.25, 0.3) is 0 Å². The Bertz CT molecular complexity index is 303. The first-order chi connectivity index (χ1) is 7.51. The summed E-state index contributed by atoms with van der Waals surface area (Å²) >= 11 is 0. The van der Waals surface area contributed by atoms with Crippen molar-refractivity contribution in [2.24, 2.45) is 0 Å². The molecule has 16 heavy (non-hydrogen) atoms. The maximum absolute atomic E-state index is 5.62. The van der Waals surface area contributed by atoms with Gasteiger partial charge in [-0.2, -0.15) is 0 Å². The van der Waals surface area contributed by atoms with Crippen LogP contribution in [0.3, 0.4) is 0 Å². The molecule has 0 radical (unpaired) electrons. The molecule has 0 aliphatic carbocycles. The van der Waals surface area contributed by atoms with E-state index in [4.69, 9.17) is 4.74 Å². The van der Waals surface area contributed by atoms with E-state index >= 15 is 0 Å². The molecule has 0 saturated heterocycles. The molecule has 0 amide bonds. The minimum atomic E-state index is -0.0901. The zero-order valence-electron chi connectivity index (χ0n) is 10.7. The van der Waals surface area contributed by atoms with Crippen LogP contribution in [0.5, 0.6) is 0 Å². The van der Waals surface area contributed by atoms with Gasteiger partial charge in [-0.3, -0.25) is 0 Å². The van der Waals surface area contributed by atoms with Crippen LogP contribution < -0.4 is 5.32 Å². The Morgan fingerprint density at radius 3 is 2.81 bits per heavy atom. The highest BCUT2D eigenvalue weighted by Crippen LogP contribution is 2.06. The van der Waals surface area contributed by atoms with E-state index in [9.17, 15) is 0 Å². The van der Waals surface area contributed by atoms with Crippen molar-refractivity contribution in [3.05, 3.63) is 11.9 Å². The number of hydrogen-bond acceptors (Lipinski definition) is 4. The maximum atomic E-state index is 5.62. The van der Waals surface area contributed by atoms with Crippen molar-refractivity contribution in [3.63, 3.8) is 0 Å². The molecule has 0 aromatic carbocycles. The third-order valence-electron chi connectivity index (χ3n) is 2.00. The van der Waals surface area contributed by atoms with Gasteiger partial charge in [0.05, 0.1) is 24.4 Å². The van der Waals surface area contributed by atoms with E-state index in [-0.39, 0.29) is 5.60 Å². The Morgan fingerprint density at radius 1 is 1.44 bits per heavy atom. The molecule has 0 fully saturated rings. The fourth-order valence-electron chi connectivity index (χ4n) is 1.23.